The second kappa shape index (κ2) is 10.3. The van der Waals surface area contributed by atoms with Crippen molar-refractivity contribution in [1.82, 2.24) is 15.1 Å². The van der Waals surface area contributed by atoms with Crippen molar-refractivity contribution in [3.05, 3.63) is 64.7 Å². The summed E-state index contributed by atoms with van der Waals surface area (Å²) in [6.07, 6.45) is 0.643. The summed E-state index contributed by atoms with van der Waals surface area (Å²) in [6.45, 7) is 10.3. The van der Waals surface area contributed by atoms with E-state index in [1.54, 1.807) is 16.7 Å². The third-order valence-electron chi connectivity index (χ3n) is 6.65. The zero-order chi connectivity index (χ0) is 24.4. The molecule has 7 heteroatoms. The minimum absolute atomic E-state index is 0.129. The van der Waals surface area contributed by atoms with Crippen molar-refractivity contribution in [2.75, 3.05) is 0 Å². The van der Waals surface area contributed by atoms with Crippen LogP contribution in [0.1, 0.15) is 67.6 Å². The van der Waals surface area contributed by atoms with Gasteiger partial charge in [0.2, 0.25) is 11.8 Å². The van der Waals surface area contributed by atoms with Crippen molar-refractivity contribution in [3.63, 3.8) is 0 Å². The Balaban J connectivity index is 1.42. The van der Waals surface area contributed by atoms with Gasteiger partial charge < -0.3 is 4.90 Å². The monoisotopic (exact) mass is 479 g/mol. The molecule has 2 aliphatic rings. The molecule has 2 aromatic carbocycles. The van der Waals surface area contributed by atoms with Crippen LogP contribution >= 0.6 is 11.8 Å². The average molecular weight is 480 g/mol. The normalized spacial score (nSPS) is 18.3. The molecule has 34 heavy (non-hydrogen) atoms. The van der Waals surface area contributed by atoms with Crippen molar-refractivity contribution in [1.29, 1.82) is 0 Å². The summed E-state index contributed by atoms with van der Waals surface area (Å²) in [7, 11) is 0. The highest BCUT2D eigenvalue weighted by Crippen LogP contribution is 2.35. The van der Waals surface area contributed by atoms with E-state index in [0.717, 1.165) is 22.8 Å². The van der Waals surface area contributed by atoms with Gasteiger partial charge in [0.25, 0.3) is 5.91 Å². The molecule has 0 aliphatic carbocycles. The van der Waals surface area contributed by atoms with Gasteiger partial charge in [0, 0.05) is 47.8 Å². The summed E-state index contributed by atoms with van der Waals surface area (Å²) in [6, 6.07) is 15.0. The topological polar surface area (TPSA) is 69.7 Å². The Hall–Kier alpha value is -2.64. The van der Waals surface area contributed by atoms with Gasteiger partial charge in [0.15, 0.2) is 0 Å². The van der Waals surface area contributed by atoms with Gasteiger partial charge in [-0.3, -0.25) is 24.6 Å². The molecular weight excluding hydrogens is 446 g/mol. The van der Waals surface area contributed by atoms with E-state index in [1.807, 2.05) is 18.2 Å². The van der Waals surface area contributed by atoms with Gasteiger partial charge in [-0.2, -0.15) is 0 Å². The van der Waals surface area contributed by atoms with Gasteiger partial charge in [0.05, 0.1) is 0 Å². The number of imide groups is 1. The summed E-state index contributed by atoms with van der Waals surface area (Å²) < 4.78 is 0. The molecule has 1 N–H and O–H groups in total. The van der Waals surface area contributed by atoms with Crippen molar-refractivity contribution >= 4 is 29.5 Å². The van der Waals surface area contributed by atoms with E-state index in [9.17, 15) is 14.4 Å². The quantitative estimate of drug-likeness (QED) is 0.450. The highest BCUT2D eigenvalue weighted by molar-refractivity contribution is 7.98. The number of carbonyl (C=O) groups excluding carboxylic acids is 3. The molecule has 1 atom stereocenters. The molecule has 1 unspecified atom stereocenters. The molecule has 0 radical (unpaired) electrons. The van der Waals surface area contributed by atoms with E-state index < -0.39 is 6.04 Å². The largest absolute Gasteiger partial charge is 0.322 e. The fraction of sp³-hybridized carbons (Fsp3) is 0.444. The number of thioether (sulfide) groups is 1. The first-order valence-corrected chi connectivity index (χ1v) is 13.0. The fourth-order valence-corrected chi connectivity index (χ4v) is 5.80. The molecule has 1 fully saturated rings. The van der Waals surface area contributed by atoms with Crippen LogP contribution in [-0.4, -0.2) is 45.6 Å². The minimum Gasteiger partial charge on any atom is -0.322 e. The SMILES string of the molecule is CC(C)N(Cc1ccc(CSc2cccc3c2CN(C2CCC(=O)NC2=O)C3=O)cc1)C(C)C. The first-order valence-electron chi connectivity index (χ1n) is 12.0. The lowest BCUT2D eigenvalue weighted by Crippen LogP contribution is -2.52. The average Bonchev–Trinajstić information content (AvgIpc) is 3.13. The molecule has 0 spiro atoms. The number of hydrogen-bond acceptors (Lipinski definition) is 5. The fourth-order valence-electron chi connectivity index (χ4n) is 4.77. The first-order chi connectivity index (χ1) is 16.2. The number of nitrogens with one attached hydrogen (secondary N) is 1. The number of carbonyl (C=O) groups is 3. The van der Waals surface area contributed by atoms with Gasteiger partial charge in [-0.25, -0.2) is 0 Å². The van der Waals surface area contributed by atoms with Gasteiger partial charge in [-0.05, 0) is 62.9 Å². The number of benzene rings is 2. The molecule has 0 aromatic heterocycles. The van der Waals surface area contributed by atoms with Gasteiger partial charge >= 0.3 is 0 Å². The zero-order valence-corrected chi connectivity index (χ0v) is 21.2. The van der Waals surface area contributed by atoms with Crippen molar-refractivity contribution in [2.24, 2.45) is 0 Å². The first kappa shape index (κ1) is 24.5. The Kier molecular flexibility index (Phi) is 7.43. The maximum Gasteiger partial charge on any atom is 0.255 e. The molecule has 1 saturated heterocycles. The Bertz CT molecular complexity index is 1070. The lowest BCUT2D eigenvalue weighted by Gasteiger charge is -2.30. The lowest BCUT2D eigenvalue weighted by atomic mass is 10.0. The maximum absolute atomic E-state index is 13.0. The molecule has 4 rings (SSSR count). The van der Waals surface area contributed by atoms with Crippen LogP contribution in [0.25, 0.3) is 0 Å². The molecular formula is C27H33N3O3S. The summed E-state index contributed by atoms with van der Waals surface area (Å²) in [5.41, 5.74) is 4.18. The van der Waals surface area contributed by atoms with E-state index in [-0.39, 0.29) is 24.1 Å². The summed E-state index contributed by atoms with van der Waals surface area (Å²) >= 11 is 1.72. The van der Waals surface area contributed by atoms with Crippen LogP contribution in [0.4, 0.5) is 0 Å². The van der Waals surface area contributed by atoms with E-state index in [1.165, 1.54) is 11.1 Å². The third kappa shape index (κ3) is 5.20. The van der Waals surface area contributed by atoms with Crippen LogP contribution in [-0.2, 0) is 28.4 Å². The highest BCUT2D eigenvalue weighted by atomic mass is 32.2. The molecule has 2 aromatic rings. The lowest BCUT2D eigenvalue weighted by molar-refractivity contribution is -0.136. The van der Waals surface area contributed by atoms with E-state index >= 15 is 0 Å². The molecule has 3 amide bonds. The van der Waals surface area contributed by atoms with Crippen LogP contribution < -0.4 is 5.32 Å². The zero-order valence-electron chi connectivity index (χ0n) is 20.3. The number of rotatable bonds is 8. The predicted molar refractivity (Wildman–Crippen MR) is 134 cm³/mol. The number of piperidine rings is 1. The van der Waals surface area contributed by atoms with Crippen LogP contribution in [0, 0.1) is 0 Å². The Morgan fingerprint density at radius 3 is 2.32 bits per heavy atom. The summed E-state index contributed by atoms with van der Waals surface area (Å²) in [5.74, 6) is 0.0340. The molecule has 0 bridgehead atoms. The minimum atomic E-state index is -0.584. The van der Waals surface area contributed by atoms with Crippen LogP contribution in [0.5, 0.6) is 0 Å². The Morgan fingerprint density at radius 1 is 1.00 bits per heavy atom. The Labute approximate surface area is 206 Å². The van der Waals surface area contributed by atoms with E-state index in [2.05, 4.69) is 62.2 Å². The number of fused-ring (bicyclic) bond motifs is 1. The number of hydrogen-bond donors (Lipinski definition) is 1. The standard InChI is InChI=1S/C27H33N3O3S/c1-17(2)29(18(3)4)14-19-8-10-20(11-9-19)16-34-24-7-5-6-21-22(24)15-30(27(21)33)23-12-13-25(31)28-26(23)32/h5-11,17-18,23H,12-16H2,1-4H3,(H,28,31,32). The molecule has 2 aliphatic heterocycles. The summed E-state index contributed by atoms with van der Waals surface area (Å²) in [5, 5.41) is 2.36. The maximum atomic E-state index is 13.0. The predicted octanol–water partition coefficient (Wildman–Crippen LogP) is 4.36. The van der Waals surface area contributed by atoms with Crippen molar-refractivity contribution in [3.8, 4) is 0 Å². The molecule has 180 valence electrons. The molecule has 6 nitrogen and oxygen atoms in total. The van der Waals surface area contributed by atoms with Gasteiger partial charge in [-0.15, -0.1) is 11.8 Å². The number of nitrogens with zero attached hydrogens (tertiary/aromatic N) is 2. The summed E-state index contributed by atoms with van der Waals surface area (Å²) in [4.78, 5) is 42.0. The smallest absolute Gasteiger partial charge is 0.255 e. The van der Waals surface area contributed by atoms with Crippen molar-refractivity contribution < 1.29 is 14.4 Å². The molecule has 0 saturated carbocycles. The van der Waals surface area contributed by atoms with Crippen LogP contribution in [0.15, 0.2) is 47.4 Å². The van der Waals surface area contributed by atoms with E-state index in [4.69, 9.17) is 0 Å². The second-order valence-electron chi connectivity index (χ2n) is 9.65. The Morgan fingerprint density at radius 2 is 1.68 bits per heavy atom. The number of amides is 3. The van der Waals surface area contributed by atoms with E-state index in [0.29, 0.717) is 30.6 Å². The van der Waals surface area contributed by atoms with Crippen molar-refractivity contribution in [2.45, 2.75) is 82.4 Å². The van der Waals surface area contributed by atoms with Gasteiger partial charge in [0.1, 0.15) is 6.04 Å². The van der Waals surface area contributed by atoms with Crippen LogP contribution in [0.3, 0.4) is 0 Å². The molecule has 2 heterocycles. The van der Waals surface area contributed by atoms with Crippen LogP contribution in [0.2, 0.25) is 0 Å². The van der Waals surface area contributed by atoms with Gasteiger partial charge in [-0.1, -0.05) is 30.3 Å². The second-order valence-corrected chi connectivity index (χ2v) is 10.7. The highest BCUT2D eigenvalue weighted by Gasteiger charge is 2.39. The third-order valence-corrected chi connectivity index (χ3v) is 7.82.